The molecule has 2 rings (SSSR count). The molecule has 0 atom stereocenters. The van der Waals surface area contributed by atoms with Crippen molar-refractivity contribution in [3.63, 3.8) is 0 Å². The number of hydrogen-bond acceptors (Lipinski definition) is 2. The first-order chi connectivity index (χ1) is 8.19. The standard InChI is InChI=1S/C14H13NO2/c1-3-6-11-9(4-2)14(17)10-7-5-8-12(16)13(10)15-11/h3-8,16H,2H2,1H3,(H,15,17)/b6-3-. The van der Waals surface area contributed by atoms with E-state index in [2.05, 4.69) is 11.6 Å². The minimum Gasteiger partial charge on any atom is -0.506 e. The number of benzene rings is 1. The summed E-state index contributed by atoms with van der Waals surface area (Å²) in [6.07, 6.45) is 5.13. The fraction of sp³-hybridized carbons (Fsp3) is 0.0714. The summed E-state index contributed by atoms with van der Waals surface area (Å²) in [6, 6.07) is 4.88. The van der Waals surface area contributed by atoms with Gasteiger partial charge < -0.3 is 10.1 Å². The lowest BCUT2D eigenvalue weighted by Gasteiger charge is -2.06. The third kappa shape index (κ3) is 1.76. The van der Waals surface area contributed by atoms with Gasteiger partial charge in [-0.25, -0.2) is 0 Å². The number of pyridine rings is 1. The van der Waals surface area contributed by atoms with Crippen LogP contribution in [0, 0.1) is 0 Å². The van der Waals surface area contributed by atoms with Gasteiger partial charge in [-0.15, -0.1) is 0 Å². The first-order valence-electron chi connectivity index (χ1n) is 5.32. The molecule has 2 aromatic rings. The molecule has 3 nitrogen and oxygen atoms in total. The Bertz CT molecular complexity index is 666. The number of rotatable bonds is 2. The first kappa shape index (κ1) is 11.2. The summed E-state index contributed by atoms with van der Waals surface area (Å²) < 4.78 is 0. The molecule has 0 bridgehead atoms. The van der Waals surface area contributed by atoms with Crippen molar-refractivity contribution < 1.29 is 5.11 Å². The lowest BCUT2D eigenvalue weighted by Crippen LogP contribution is -2.09. The van der Waals surface area contributed by atoms with Gasteiger partial charge in [0.25, 0.3) is 0 Å². The zero-order valence-electron chi connectivity index (χ0n) is 9.53. The molecule has 0 saturated carbocycles. The molecule has 17 heavy (non-hydrogen) atoms. The second-order valence-corrected chi connectivity index (χ2v) is 3.69. The summed E-state index contributed by atoms with van der Waals surface area (Å²) >= 11 is 0. The number of para-hydroxylation sites is 1. The maximum absolute atomic E-state index is 12.2. The topological polar surface area (TPSA) is 53.1 Å². The fourth-order valence-corrected chi connectivity index (χ4v) is 1.83. The SMILES string of the molecule is C=Cc1c(/C=C\C)[nH]c2c(O)cccc2c1=O. The summed E-state index contributed by atoms with van der Waals surface area (Å²) in [6.45, 7) is 5.51. The van der Waals surface area contributed by atoms with Crippen molar-refractivity contribution in [2.24, 2.45) is 0 Å². The molecular weight excluding hydrogens is 214 g/mol. The monoisotopic (exact) mass is 227 g/mol. The molecule has 2 N–H and O–H groups in total. The number of allylic oxidation sites excluding steroid dienone is 1. The summed E-state index contributed by atoms with van der Waals surface area (Å²) in [5.74, 6) is 0.0703. The molecule has 1 aromatic carbocycles. The molecule has 0 aliphatic carbocycles. The van der Waals surface area contributed by atoms with Crippen LogP contribution >= 0.6 is 0 Å². The quantitative estimate of drug-likeness (QED) is 0.828. The van der Waals surface area contributed by atoms with E-state index in [4.69, 9.17) is 0 Å². The largest absolute Gasteiger partial charge is 0.506 e. The highest BCUT2D eigenvalue weighted by molar-refractivity contribution is 5.87. The number of fused-ring (bicyclic) bond motifs is 1. The molecule has 0 amide bonds. The molecule has 0 fully saturated rings. The number of H-pyrrole nitrogens is 1. The molecule has 0 spiro atoms. The van der Waals surface area contributed by atoms with Crippen LogP contribution in [0.3, 0.4) is 0 Å². The van der Waals surface area contributed by atoms with E-state index in [0.717, 1.165) is 0 Å². The van der Waals surface area contributed by atoms with Crippen LogP contribution in [0.2, 0.25) is 0 Å². The van der Waals surface area contributed by atoms with E-state index >= 15 is 0 Å². The van der Waals surface area contributed by atoms with Gasteiger partial charge in [0.15, 0.2) is 5.43 Å². The van der Waals surface area contributed by atoms with Gasteiger partial charge in [0.2, 0.25) is 0 Å². The minimum atomic E-state index is -0.127. The van der Waals surface area contributed by atoms with E-state index in [9.17, 15) is 9.90 Å². The summed E-state index contributed by atoms with van der Waals surface area (Å²) in [5.41, 5.74) is 1.50. The van der Waals surface area contributed by atoms with E-state index < -0.39 is 0 Å². The number of aromatic hydroxyl groups is 1. The number of aromatic amines is 1. The van der Waals surface area contributed by atoms with Crippen LogP contribution in [0.25, 0.3) is 23.1 Å². The smallest absolute Gasteiger partial charge is 0.197 e. The normalized spacial score (nSPS) is 11.1. The average molecular weight is 227 g/mol. The van der Waals surface area contributed by atoms with Crippen molar-refractivity contribution in [3.8, 4) is 5.75 Å². The molecule has 3 heteroatoms. The summed E-state index contributed by atoms with van der Waals surface area (Å²) in [7, 11) is 0. The third-order valence-corrected chi connectivity index (χ3v) is 2.62. The lowest BCUT2D eigenvalue weighted by atomic mass is 10.1. The molecule has 0 unspecified atom stereocenters. The third-order valence-electron chi connectivity index (χ3n) is 2.62. The van der Waals surface area contributed by atoms with Gasteiger partial charge in [-0.05, 0) is 25.1 Å². The van der Waals surface area contributed by atoms with E-state index in [0.29, 0.717) is 22.2 Å². The summed E-state index contributed by atoms with van der Waals surface area (Å²) in [5, 5.41) is 10.2. The molecule has 0 aliphatic rings. The fourth-order valence-electron chi connectivity index (χ4n) is 1.83. The lowest BCUT2D eigenvalue weighted by molar-refractivity contribution is 0.480. The van der Waals surface area contributed by atoms with Crippen molar-refractivity contribution in [3.05, 3.63) is 52.3 Å². The van der Waals surface area contributed by atoms with Gasteiger partial charge in [-0.3, -0.25) is 4.79 Å². The number of hydrogen-bond donors (Lipinski definition) is 2. The minimum absolute atomic E-state index is 0.0703. The van der Waals surface area contributed by atoms with Crippen LogP contribution in [-0.2, 0) is 0 Å². The molecule has 0 saturated heterocycles. The number of phenols is 1. The maximum atomic E-state index is 12.2. The Labute approximate surface area is 98.7 Å². The van der Waals surface area contributed by atoms with Gasteiger partial charge in [0, 0.05) is 16.6 Å². The van der Waals surface area contributed by atoms with Crippen LogP contribution < -0.4 is 5.43 Å². The first-order valence-corrected chi connectivity index (χ1v) is 5.32. The Balaban J connectivity index is 2.98. The van der Waals surface area contributed by atoms with Gasteiger partial charge in [-0.1, -0.05) is 24.8 Å². The van der Waals surface area contributed by atoms with Gasteiger partial charge in [-0.2, -0.15) is 0 Å². The molecule has 0 aliphatic heterocycles. The molecular formula is C14H13NO2. The van der Waals surface area contributed by atoms with Gasteiger partial charge in [0.1, 0.15) is 5.75 Å². The highest BCUT2D eigenvalue weighted by Crippen LogP contribution is 2.22. The van der Waals surface area contributed by atoms with Gasteiger partial charge >= 0.3 is 0 Å². The van der Waals surface area contributed by atoms with Crippen molar-refractivity contribution in [2.75, 3.05) is 0 Å². The highest BCUT2D eigenvalue weighted by atomic mass is 16.3. The summed E-state index contributed by atoms with van der Waals surface area (Å²) in [4.78, 5) is 15.2. The molecule has 0 radical (unpaired) electrons. The Kier molecular flexibility index (Phi) is 2.83. The molecule has 86 valence electrons. The van der Waals surface area contributed by atoms with Crippen molar-refractivity contribution >= 4 is 23.1 Å². The zero-order chi connectivity index (χ0) is 12.4. The van der Waals surface area contributed by atoms with Crippen LogP contribution in [-0.4, -0.2) is 10.1 Å². The number of phenolic OH excluding ortho intramolecular Hbond substituents is 1. The Hall–Kier alpha value is -2.29. The zero-order valence-corrected chi connectivity index (χ0v) is 9.53. The Morgan fingerprint density at radius 1 is 1.41 bits per heavy atom. The number of aromatic nitrogens is 1. The van der Waals surface area contributed by atoms with E-state index in [1.54, 1.807) is 24.3 Å². The highest BCUT2D eigenvalue weighted by Gasteiger charge is 2.09. The second kappa shape index (κ2) is 4.29. The average Bonchev–Trinajstić information content (AvgIpc) is 2.32. The molecule has 1 aromatic heterocycles. The number of nitrogens with one attached hydrogen (secondary N) is 1. The van der Waals surface area contributed by atoms with Gasteiger partial charge in [0.05, 0.1) is 5.52 Å². The molecule has 1 heterocycles. The van der Waals surface area contributed by atoms with E-state index in [-0.39, 0.29) is 11.2 Å². The predicted octanol–water partition coefficient (Wildman–Crippen LogP) is 2.91. The van der Waals surface area contributed by atoms with Crippen molar-refractivity contribution in [1.29, 1.82) is 0 Å². The van der Waals surface area contributed by atoms with E-state index in [1.165, 1.54) is 6.08 Å². The van der Waals surface area contributed by atoms with Crippen LogP contribution in [0.5, 0.6) is 5.75 Å². The van der Waals surface area contributed by atoms with Crippen LogP contribution in [0.15, 0.2) is 35.6 Å². The second-order valence-electron chi connectivity index (χ2n) is 3.69. The van der Waals surface area contributed by atoms with Crippen LogP contribution in [0.1, 0.15) is 18.2 Å². The predicted molar refractivity (Wildman–Crippen MR) is 71.0 cm³/mol. The van der Waals surface area contributed by atoms with Crippen molar-refractivity contribution in [1.82, 2.24) is 4.98 Å². The Morgan fingerprint density at radius 3 is 2.82 bits per heavy atom. The Morgan fingerprint density at radius 2 is 2.18 bits per heavy atom. The maximum Gasteiger partial charge on any atom is 0.197 e. The van der Waals surface area contributed by atoms with E-state index in [1.807, 2.05) is 13.0 Å². The van der Waals surface area contributed by atoms with Crippen LogP contribution in [0.4, 0.5) is 0 Å². The van der Waals surface area contributed by atoms with Crippen molar-refractivity contribution in [2.45, 2.75) is 6.92 Å².